The normalized spacial score (nSPS) is 12.6. The number of nitrogens with one attached hydrogen (secondary N) is 1. The molecule has 0 aliphatic carbocycles. The van der Waals surface area contributed by atoms with E-state index in [4.69, 9.17) is 9.47 Å². The van der Waals surface area contributed by atoms with Crippen molar-refractivity contribution in [1.82, 2.24) is 14.5 Å². The van der Waals surface area contributed by atoms with Gasteiger partial charge in [-0.05, 0) is 65.3 Å². The second-order valence-corrected chi connectivity index (χ2v) is 10.6. The lowest BCUT2D eigenvalue weighted by Crippen LogP contribution is -2.56. The lowest BCUT2D eigenvalue weighted by molar-refractivity contribution is -0.129. The molecule has 2 heterocycles. The van der Waals surface area contributed by atoms with Gasteiger partial charge in [-0.2, -0.15) is 0 Å². The van der Waals surface area contributed by atoms with Crippen LogP contribution < -0.4 is 21.3 Å². The van der Waals surface area contributed by atoms with Crippen molar-refractivity contribution in [3.8, 4) is 5.75 Å². The van der Waals surface area contributed by atoms with Gasteiger partial charge in [0.2, 0.25) is 5.91 Å². The van der Waals surface area contributed by atoms with Gasteiger partial charge in [-0.1, -0.05) is 0 Å². The van der Waals surface area contributed by atoms with Crippen LogP contribution in [0.5, 0.6) is 5.75 Å². The summed E-state index contributed by atoms with van der Waals surface area (Å²) in [5.41, 5.74) is -2.89. The lowest BCUT2D eigenvalue weighted by atomic mass is 10.0. The molecule has 1 atom stereocenters. The van der Waals surface area contributed by atoms with Gasteiger partial charge in [-0.3, -0.25) is 14.2 Å². The number of hydrogen-bond acceptors (Lipinski definition) is 8. The molecule has 3 rings (SSSR count). The van der Waals surface area contributed by atoms with E-state index in [2.05, 4.69) is 5.32 Å². The van der Waals surface area contributed by atoms with E-state index in [0.29, 0.717) is 0 Å². The first kappa shape index (κ1) is 29.1. The van der Waals surface area contributed by atoms with Crippen LogP contribution in [0.15, 0.2) is 27.8 Å². The highest BCUT2D eigenvalue weighted by Crippen LogP contribution is 2.32. The molecule has 1 aromatic carbocycles. The van der Waals surface area contributed by atoms with Gasteiger partial charge in [0.25, 0.3) is 5.56 Å². The number of ether oxygens (including phenoxy) is 2. The first-order valence-electron chi connectivity index (χ1n) is 12.0. The van der Waals surface area contributed by atoms with Gasteiger partial charge in [0.05, 0.1) is 25.6 Å². The Labute approximate surface area is 222 Å². The number of aromatic nitrogens is 2. The van der Waals surface area contributed by atoms with Crippen LogP contribution in [-0.4, -0.2) is 45.9 Å². The van der Waals surface area contributed by atoms with Gasteiger partial charge in [0, 0.05) is 11.6 Å². The maximum atomic E-state index is 14.0. The van der Waals surface area contributed by atoms with Gasteiger partial charge in [0.15, 0.2) is 0 Å². The number of carbonyl (C=O) groups is 2. The second-order valence-electron chi connectivity index (χ2n) is 9.58. The van der Waals surface area contributed by atoms with Crippen molar-refractivity contribution in [3.63, 3.8) is 0 Å². The van der Waals surface area contributed by atoms with E-state index >= 15 is 0 Å². The molecule has 2 aromatic heterocycles. The fourth-order valence-corrected chi connectivity index (χ4v) is 5.37. The molecule has 0 saturated heterocycles. The monoisotopic (exact) mass is 549 g/mol. The predicted molar refractivity (Wildman–Crippen MR) is 142 cm³/mol. The van der Waals surface area contributed by atoms with Crippen LogP contribution in [0.2, 0.25) is 0 Å². The van der Waals surface area contributed by atoms with Crippen LogP contribution in [0.3, 0.4) is 0 Å². The summed E-state index contributed by atoms with van der Waals surface area (Å²) in [5, 5.41) is 13.9. The molecule has 0 unspecified atom stereocenters. The van der Waals surface area contributed by atoms with E-state index in [9.17, 15) is 28.7 Å². The number of aliphatic hydroxyl groups excluding tert-OH is 1. The molecule has 1 amide bonds. The Kier molecular flexibility index (Phi) is 8.47. The van der Waals surface area contributed by atoms with Crippen molar-refractivity contribution in [2.75, 3.05) is 13.7 Å². The van der Waals surface area contributed by atoms with E-state index in [1.54, 1.807) is 27.7 Å². The molecule has 0 aliphatic rings. The molecular weight excluding hydrogens is 517 g/mol. The molecule has 206 valence electrons. The Bertz CT molecular complexity index is 1500. The number of carbonyl (C=O) groups excluding carboxylic acids is 2. The summed E-state index contributed by atoms with van der Waals surface area (Å²) < 4.78 is 26.3. The first-order chi connectivity index (χ1) is 17.8. The molecule has 0 saturated carbocycles. The maximum Gasteiger partial charge on any atom is 0.348 e. The number of amides is 1. The quantitative estimate of drug-likeness (QED) is 0.393. The third-order valence-electron chi connectivity index (χ3n) is 6.11. The van der Waals surface area contributed by atoms with Crippen molar-refractivity contribution in [1.29, 1.82) is 0 Å². The summed E-state index contributed by atoms with van der Waals surface area (Å²) in [4.78, 5) is 53.6. The van der Waals surface area contributed by atoms with E-state index in [1.807, 2.05) is 0 Å². The van der Waals surface area contributed by atoms with E-state index in [1.165, 1.54) is 33.1 Å². The molecule has 2 N–H and O–H groups in total. The van der Waals surface area contributed by atoms with Crippen LogP contribution >= 0.6 is 11.3 Å². The number of halogens is 1. The third-order valence-corrected chi connectivity index (χ3v) is 7.41. The average molecular weight is 550 g/mol. The average Bonchev–Trinajstić information content (AvgIpc) is 3.18. The molecule has 0 spiro atoms. The summed E-state index contributed by atoms with van der Waals surface area (Å²) >= 11 is 0.874. The minimum atomic E-state index is -1.63. The van der Waals surface area contributed by atoms with Crippen LogP contribution in [0.4, 0.5) is 4.39 Å². The Morgan fingerprint density at radius 2 is 1.89 bits per heavy atom. The largest absolute Gasteiger partial charge is 0.496 e. The minimum Gasteiger partial charge on any atom is -0.496 e. The zero-order chi connectivity index (χ0) is 28.5. The summed E-state index contributed by atoms with van der Waals surface area (Å²) in [6.45, 7) is 9.24. The predicted octanol–water partition coefficient (Wildman–Crippen LogP) is 2.85. The number of esters is 1. The van der Waals surface area contributed by atoms with E-state index < -0.39 is 47.1 Å². The van der Waals surface area contributed by atoms with Crippen molar-refractivity contribution >= 4 is 33.4 Å². The first-order valence-corrected chi connectivity index (χ1v) is 12.9. The number of methoxy groups -OCH3 is 1. The number of aliphatic hydroxyl groups is 1. The Hall–Kier alpha value is -3.51. The van der Waals surface area contributed by atoms with Gasteiger partial charge >= 0.3 is 11.7 Å². The fourth-order valence-electron chi connectivity index (χ4n) is 4.17. The zero-order valence-electron chi connectivity index (χ0n) is 22.4. The SMILES string of the molecule is CCOC(=O)c1sc2c(c1C)c(=O)n(C(C)(C)C(=O)NC(C)C)c(=O)n2C[C@H](O)c1cc(F)ccc1OC. The Morgan fingerprint density at radius 3 is 2.47 bits per heavy atom. The van der Waals surface area contributed by atoms with Crippen LogP contribution in [0, 0.1) is 12.7 Å². The van der Waals surface area contributed by atoms with Gasteiger partial charge in [0.1, 0.15) is 32.9 Å². The van der Waals surface area contributed by atoms with Gasteiger partial charge < -0.3 is 19.9 Å². The van der Waals surface area contributed by atoms with Crippen LogP contribution in [0.25, 0.3) is 10.2 Å². The number of thiophene rings is 1. The lowest BCUT2D eigenvalue weighted by Gasteiger charge is -2.28. The summed E-state index contributed by atoms with van der Waals surface area (Å²) in [7, 11) is 1.36. The molecule has 10 nitrogen and oxygen atoms in total. The van der Waals surface area contributed by atoms with Crippen molar-refractivity contribution < 1.29 is 28.6 Å². The molecule has 0 fully saturated rings. The highest BCUT2D eigenvalue weighted by atomic mass is 32.1. The Balaban J connectivity index is 2.35. The zero-order valence-corrected chi connectivity index (χ0v) is 23.2. The third kappa shape index (κ3) is 5.23. The van der Waals surface area contributed by atoms with Gasteiger partial charge in [-0.15, -0.1) is 11.3 Å². The topological polar surface area (TPSA) is 129 Å². The molecule has 0 radical (unpaired) electrons. The van der Waals surface area contributed by atoms with E-state index in [-0.39, 0.29) is 44.6 Å². The molecule has 0 bridgehead atoms. The molecule has 0 aliphatic heterocycles. The number of fused-ring (bicyclic) bond motifs is 1. The molecule has 38 heavy (non-hydrogen) atoms. The van der Waals surface area contributed by atoms with Crippen molar-refractivity contribution in [2.24, 2.45) is 0 Å². The molecule has 12 heteroatoms. The fraction of sp³-hybridized carbons (Fsp3) is 0.462. The number of aryl methyl sites for hydroxylation is 1. The smallest absolute Gasteiger partial charge is 0.348 e. The second kappa shape index (κ2) is 11.1. The summed E-state index contributed by atoms with van der Waals surface area (Å²) in [5.74, 6) is -1.66. The maximum absolute atomic E-state index is 14.0. The number of benzene rings is 1. The minimum absolute atomic E-state index is 0.0430. The van der Waals surface area contributed by atoms with Crippen LogP contribution in [0.1, 0.15) is 61.5 Å². The molecular formula is C26H32FN3O7S. The van der Waals surface area contributed by atoms with Gasteiger partial charge in [-0.25, -0.2) is 18.5 Å². The van der Waals surface area contributed by atoms with E-state index in [0.717, 1.165) is 26.5 Å². The summed E-state index contributed by atoms with van der Waals surface area (Å²) in [6, 6.07) is 3.35. The number of hydrogen-bond donors (Lipinski definition) is 2. The number of rotatable bonds is 9. The highest BCUT2D eigenvalue weighted by Gasteiger charge is 2.36. The summed E-state index contributed by atoms with van der Waals surface area (Å²) in [6.07, 6.45) is -1.44. The van der Waals surface area contributed by atoms with Crippen molar-refractivity contribution in [3.05, 3.63) is 60.9 Å². The Morgan fingerprint density at radius 1 is 1.24 bits per heavy atom. The highest BCUT2D eigenvalue weighted by molar-refractivity contribution is 7.20. The van der Waals surface area contributed by atoms with Crippen molar-refractivity contribution in [2.45, 2.75) is 65.8 Å². The standard InChI is InChI=1S/C26H32FN3O7S/c1-8-37-23(33)20-14(4)19-21(32)30(26(5,6)24(34)28-13(2)3)25(35)29(22(19)38-20)12-17(31)16-11-15(27)9-10-18(16)36-7/h9-11,13,17,31H,8,12H2,1-7H3,(H,28,34)/t17-/m0/s1. The number of nitrogens with zero attached hydrogens (tertiary/aromatic N) is 2. The molecule has 3 aromatic rings. The van der Waals surface area contributed by atoms with Crippen LogP contribution in [-0.2, 0) is 21.6 Å².